The number of rotatable bonds is 14. The molecule has 20 heteroatoms. The van der Waals surface area contributed by atoms with E-state index < -0.39 is 60.0 Å². The van der Waals surface area contributed by atoms with Crippen molar-refractivity contribution in [2.24, 2.45) is 22.9 Å². The summed E-state index contributed by atoms with van der Waals surface area (Å²) in [5.74, 6) is -5.07. The first-order valence-corrected chi connectivity index (χ1v) is 14.0. The summed E-state index contributed by atoms with van der Waals surface area (Å²) in [6.45, 7) is 2.21. The molecule has 14 nitrogen and oxygen atoms in total. The van der Waals surface area contributed by atoms with Gasteiger partial charge in [-0.25, -0.2) is 9.59 Å². The second-order valence-corrected chi connectivity index (χ2v) is 11.1. The number of esters is 4. The minimum atomic E-state index is -1.33. The molecule has 0 unspecified atom stereocenters. The summed E-state index contributed by atoms with van der Waals surface area (Å²) in [4.78, 5) is 63.6. The van der Waals surface area contributed by atoms with Gasteiger partial charge in [0.1, 0.15) is 12.1 Å². The number of hydrogen-bond donors (Lipinski definition) is 4. The van der Waals surface area contributed by atoms with Crippen molar-refractivity contribution in [1.29, 1.82) is 0 Å². The van der Waals surface area contributed by atoms with Crippen LogP contribution in [0.1, 0.15) is 13.8 Å². The number of carboxylic acid groups (broad SMARTS) is 2. The first-order chi connectivity index (χ1) is 15.7. The van der Waals surface area contributed by atoms with Gasteiger partial charge in [-0.05, 0) is 0 Å². The number of hydrogen-bond acceptors (Lipinski definition) is 18. The van der Waals surface area contributed by atoms with E-state index in [1.807, 2.05) is 0 Å². The summed E-state index contributed by atoms with van der Waals surface area (Å²) in [5.41, 5.74) is 21.2. The molecule has 0 aromatic rings. The zero-order valence-electron chi connectivity index (χ0n) is 20.2. The van der Waals surface area contributed by atoms with Gasteiger partial charge in [0.15, 0.2) is 0 Å². The molecule has 0 heterocycles. The molecule has 8 N–H and O–H groups in total. The molecule has 0 aliphatic carbocycles. The van der Waals surface area contributed by atoms with E-state index in [1.54, 1.807) is 0 Å². The number of carbonyl (C=O) groups excluding carboxylic acids is 6. The van der Waals surface area contributed by atoms with Crippen LogP contribution in [0.25, 0.3) is 0 Å². The molecule has 0 amide bonds. The Bertz CT molecular complexity index is 668. The maximum absolute atomic E-state index is 11.1. The molecule has 0 spiro atoms. The van der Waals surface area contributed by atoms with Crippen molar-refractivity contribution in [3.63, 3.8) is 0 Å². The minimum Gasteiger partial charge on any atom is -0.548 e. The van der Waals surface area contributed by atoms with Crippen molar-refractivity contribution < 1.29 is 108 Å². The zero-order chi connectivity index (χ0) is 26.8. The number of ether oxygens (including phenoxy) is 2. The van der Waals surface area contributed by atoms with Gasteiger partial charge in [0, 0.05) is 36.9 Å². The minimum absolute atomic E-state index is 0. The summed E-state index contributed by atoms with van der Waals surface area (Å²) in [6, 6.07) is -3.99. The summed E-state index contributed by atoms with van der Waals surface area (Å²) in [5, 5.41) is 20.5. The fraction of sp³-hybridized carbons (Fsp3) is 0.625. The molecule has 0 bridgehead atoms. The summed E-state index contributed by atoms with van der Waals surface area (Å²) in [6.07, 6.45) is 0. The Labute approximate surface area is 267 Å². The molecule has 0 aromatic carbocycles. The van der Waals surface area contributed by atoms with Crippen molar-refractivity contribution >= 4 is 79.0 Å². The number of aliphatic carboxylic acids is 2. The average Bonchev–Trinajstić information content (AvgIpc) is 2.72. The normalized spacial score (nSPS) is 13.1. The van der Waals surface area contributed by atoms with Gasteiger partial charge < -0.3 is 52.2 Å². The third-order valence-electron chi connectivity index (χ3n) is 2.86. The Kier molecular flexibility index (Phi) is 31.1. The van der Waals surface area contributed by atoms with Gasteiger partial charge in [-0.2, -0.15) is 0 Å². The van der Waals surface area contributed by atoms with Crippen LogP contribution in [0.15, 0.2) is 0 Å². The monoisotopic (exact) mass is 608 g/mol. The molecule has 0 aliphatic rings. The van der Waals surface area contributed by atoms with Crippen molar-refractivity contribution in [2.75, 3.05) is 23.0 Å². The van der Waals surface area contributed by atoms with Crippen LogP contribution < -0.4 is 92.3 Å². The largest absolute Gasteiger partial charge is 1.00 e. The molecule has 0 aromatic heterocycles. The second kappa shape index (κ2) is 25.7. The molecule has 0 rings (SSSR count). The van der Waals surface area contributed by atoms with Crippen LogP contribution >= 0.6 is 43.2 Å². The Balaban J connectivity index is -0.000000269. The van der Waals surface area contributed by atoms with E-state index in [-0.39, 0.29) is 82.1 Å². The molecule has 0 fully saturated rings. The van der Waals surface area contributed by atoms with Crippen molar-refractivity contribution in [3.05, 3.63) is 0 Å². The quantitative estimate of drug-likeness (QED) is 0.0468. The predicted octanol–water partition coefficient (Wildman–Crippen LogP) is -10.3. The van der Waals surface area contributed by atoms with Gasteiger partial charge in [0.25, 0.3) is 0 Å². The number of nitrogens with two attached hydrogens (primary N) is 4. The van der Waals surface area contributed by atoms with Crippen LogP contribution in [0.2, 0.25) is 0 Å². The van der Waals surface area contributed by atoms with Crippen LogP contribution in [0.5, 0.6) is 0 Å². The Morgan fingerprint density at radius 3 is 1.00 bits per heavy atom. The van der Waals surface area contributed by atoms with Crippen molar-refractivity contribution in [1.82, 2.24) is 0 Å². The maximum Gasteiger partial charge on any atom is 1.00 e. The van der Waals surface area contributed by atoms with E-state index in [2.05, 4.69) is 9.47 Å². The molecular formula is C16H26N4Na2O10S4. The fourth-order valence-corrected chi connectivity index (χ4v) is 5.62. The average molecular weight is 609 g/mol. The third kappa shape index (κ3) is 26.1. The van der Waals surface area contributed by atoms with Crippen molar-refractivity contribution in [3.8, 4) is 0 Å². The standard InChI is InChI=1S/2C8H14N2O5S2.2Na/c2*1-4(11)15-8(14)6(10)3-17-16-2-5(9)7(12)13;;/h2*5-6H,2-3,9-10H2,1H3,(H,12,13);;/q;;2*+1/p-2/t2*5-,6-;;/m00../s1. The van der Waals surface area contributed by atoms with E-state index in [0.29, 0.717) is 0 Å². The Hall–Kier alpha value is 0.460. The SMILES string of the molecule is CC(=O)OC(=O)[C@@H](N)CSSC[C@H](N)C(=O)[O-].CC(=O)OC(=O)[C@@H](N)CSSC[C@H](N)C(=O)[O-].[Na+].[Na+]. The van der Waals surface area contributed by atoms with Crippen LogP contribution in [0, 0.1) is 0 Å². The zero-order valence-corrected chi connectivity index (χ0v) is 27.4. The van der Waals surface area contributed by atoms with Gasteiger partial charge in [-0.3, -0.25) is 9.59 Å². The first-order valence-electron chi connectivity index (χ1n) is 9.06. The van der Waals surface area contributed by atoms with E-state index in [9.17, 15) is 39.0 Å². The molecule has 0 aliphatic heterocycles. The Morgan fingerprint density at radius 2 is 0.806 bits per heavy atom. The molecule has 196 valence electrons. The number of carboxylic acids is 2. The predicted molar refractivity (Wildman–Crippen MR) is 125 cm³/mol. The maximum atomic E-state index is 11.1. The third-order valence-corrected chi connectivity index (χ3v) is 7.80. The topological polar surface area (TPSA) is 271 Å². The van der Waals surface area contributed by atoms with Crippen LogP contribution in [-0.2, 0) is 38.2 Å². The fourth-order valence-electron chi connectivity index (χ4n) is 1.19. The molecule has 0 radical (unpaired) electrons. The van der Waals surface area contributed by atoms with E-state index >= 15 is 0 Å². The second-order valence-electron chi connectivity index (χ2n) is 6.03. The summed E-state index contributed by atoms with van der Waals surface area (Å²) in [7, 11) is 4.65. The van der Waals surface area contributed by atoms with Crippen LogP contribution in [-0.4, -0.2) is 83.0 Å². The number of carbonyl (C=O) groups is 6. The van der Waals surface area contributed by atoms with E-state index in [1.165, 1.54) is 21.6 Å². The van der Waals surface area contributed by atoms with E-state index in [4.69, 9.17) is 22.9 Å². The molecule has 36 heavy (non-hydrogen) atoms. The first kappa shape index (κ1) is 43.5. The molecule has 4 atom stereocenters. The Morgan fingerprint density at radius 1 is 0.583 bits per heavy atom. The van der Waals surface area contributed by atoms with E-state index in [0.717, 1.165) is 35.4 Å². The summed E-state index contributed by atoms with van der Waals surface area (Å²) >= 11 is 0. The van der Waals surface area contributed by atoms with Gasteiger partial charge in [0.2, 0.25) is 0 Å². The van der Waals surface area contributed by atoms with Crippen LogP contribution in [0.4, 0.5) is 0 Å². The van der Waals surface area contributed by atoms with Gasteiger partial charge >= 0.3 is 83.0 Å². The molecular weight excluding hydrogens is 582 g/mol. The molecule has 0 saturated heterocycles. The molecule has 0 saturated carbocycles. The van der Waals surface area contributed by atoms with Crippen molar-refractivity contribution in [2.45, 2.75) is 38.0 Å². The van der Waals surface area contributed by atoms with Gasteiger partial charge in [-0.1, -0.05) is 43.2 Å². The van der Waals surface area contributed by atoms with Gasteiger partial charge in [0.05, 0.1) is 24.0 Å². The van der Waals surface area contributed by atoms with Gasteiger partial charge in [-0.15, -0.1) is 0 Å². The smallest absolute Gasteiger partial charge is 0.548 e. The van der Waals surface area contributed by atoms with Crippen LogP contribution in [0.3, 0.4) is 0 Å². The summed E-state index contributed by atoms with van der Waals surface area (Å²) < 4.78 is 8.55.